The first-order valence-corrected chi connectivity index (χ1v) is 9.58. The molecule has 0 bridgehead atoms. The molecule has 23 heavy (non-hydrogen) atoms. The van der Waals surface area contributed by atoms with E-state index in [-0.39, 0.29) is 0 Å². The SMILES string of the molecule is Cc1cccc(C(C)C2CC23CCN(CCC(C)(C)C)CC3)c1. The predicted octanol–water partition coefficient (Wildman–Crippen LogP) is 5.64. The van der Waals surface area contributed by atoms with Crippen LogP contribution in [0, 0.1) is 23.7 Å². The zero-order valence-corrected chi connectivity index (χ0v) is 15.9. The van der Waals surface area contributed by atoms with Gasteiger partial charge >= 0.3 is 0 Å². The molecule has 1 heterocycles. The van der Waals surface area contributed by atoms with Gasteiger partial charge in [0.15, 0.2) is 0 Å². The van der Waals surface area contributed by atoms with Crippen molar-refractivity contribution in [2.75, 3.05) is 19.6 Å². The van der Waals surface area contributed by atoms with Crippen LogP contribution < -0.4 is 0 Å². The van der Waals surface area contributed by atoms with Gasteiger partial charge in [0.25, 0.3) is 0 Å². The van der Waals surface area contributed by atoms with Gasteiger partial charge in [0, 0.05) is 0 Å². The molecule has 0 N–H and O–H groups in total. The molecule has 1 aliphatic carbocycles. The molecule has 128 valence electrons. The summed E-state index contributed by atoms with van der Waals surface area (Å²) in [5.41, 5.74) is 4.11. The van der Waals surface area contributed by atoms with Crippen LogP contribution in [0.3, 0.4) is 0 Å². The molecule has 1 spiro atoms. The standard InChI is InChI=1S/C22H35N/c1-17-7-6-8-19(15-17)18(2)20-16-22(20)10-13-23(14-11-22)12-9-21(3,4)5/h6-8,15,18,20H,9-14,16H2,1-5H3. The van der Waals surface area contributed by atoms with E-state index in [1.54, 1.807) is 5.56 Å². The summed E-state index contributed by atoms with van der Waals surface area (Å²) in [6.07, 6.45) is 5.65. The maximum absolute atomic E-state index is 2.71. The van der Waals surface area contributed by atoms with Gasteiger partial charge in [-0.05, 0) is 80.5 Å². The molecule has 1 aromatic rings. The highest BCUT2D eigenvalue weighted by atomic mass is 15.1. The van der Waals surface area contributed by atoms with E-state index in [4.69, 9.17) is 0 Å². The van der Waals surface area contributed by atoms with Crippen LogP contribution in [-0.4, -0.2) is 24.5 Å². The average molecular weight is 314 g/mol. The molecule has 0 aromatic heterocycles. The third-order valence-electron chi connectivity index (χ3n) is 6.45. The van der Waals surface area contributed by atoms with Crippen molar-refractivity contribution in [2.45, 2.75) is 66.2 Å². The summed E-state index contributed by atoms with van der Waals surface area (Å²) in [4.78, 5) is 2.71. The van der Waals surface area contributed by atoms with E-state index >= 15 is 0 Å². The summed E-state index contributed by atoms with van der Waals surface area (Å²) >= 11 is 0. The monoisotopic (exact) mass is 313 g/mol. The van der Waals surface area contributed by atoms with E-state index < -0.39 is 0 Å². The Hall–Kier alpha value is -0.820. The molecule has 0 amide bonds. The fraction of sp³-hybridized carbons (Fsp3) is 0.727. The molecule has 1 saturated heterocycles. The summed E-state index contributed by atoms with van der Waals surface area (Å²) < 4.78 is 0. The highest BCUT2D eigenvalue weighted by Gasteiger charge is 2.56. The van der Waals surface area contributed by atoms with E-state index in [0.717, 1.165) is 11.8 Å². The number of rotatable bonds is 4. The van der Waals surface area contributed by atoms with Gasteiger partial charge in [-0.2, -0.15) is 0 Å². The number of piperidine rings is 1. The van der Waals surface area contributed by atoms with Gasteiger partial charge in [-0.25, -0.2) is 0 Å². The second-order valence-corrected chi connectivity index (χ2v) is 9.53. The van der Waals surface area contributed by atoms with Gasteiger partial charge in [-0.3, -0.25) is 0 Å². The first-order chi connectivity index (χ1) is 10.8. The second-order valence-electron chi connectivity index (χ2n) is 9.53. The van der Waals surface area contributed by atoms with Gasteiger partial charge in [-0.1, -0.05) is 57.5 Å². The number of hydrogen-bond donors (Lipinski definition) is 0. The van der Waals surface area contributed by atoms with E-state index in [1.807, 2.05) is 0 Å². The van der Waals surface area contributed by atoms with Crippen LogP contribution in [0.4, 0.5) is 0 Å². The van der Waals surface area contributed by atoms with Crippen molar-refractivity contribution in [2.24, 2.45) is 16.7 Å². The second kappa shape index (κ2) is 6.24. The Morgan fingerprint density at radius 2 is 1.91 bits per heavy atom. The van der Waals surface area contributed by atoms with Gasteiger partial charge < -0.3 is 4.90 Å². The molecule has 2 unspecified atom stereocenters. The van der Waals surface area contributed by atoms with Crippen molar-refractivity contribution in [1.29, 1.82) is 0 Å². The Morgan fingerprint density at radius 3 is 2.52 bits per heavy atom. The summed E-state index contributed by atoms with van der Waals surface area (Å²) in [7, 11) is 0. The lowest BCUT2D eigenvalue weighted by atomic mass is 9.84. The van der Waals surface area contributed by atoms with Crippen LogP contribution in [-0.2, 0) is 0 Å². The maximum Gasteiger partial charge on any atom is -0.00133 e. The molecule has 3 rings (SSSR count). The minimum Gasteiger partial charge on any atom is -0.303 e. The van der Waals surface area contributed by atoms with E-state index in [0.29, 0.717) is 10.8 Å². The molecule has 1 heteroatoms. The Bertz CT molecular complexity index is 531. The molecule has 1 aromatic carbocycles. The normalized spacial score (nSPS) is 25.5. The highest BCUT2D eigenvalue weighted by molar-refractivity contribution is 5.28. The van der Waals surface area contributed by atoms with Gasteiger partial charge in [-0.15, -0.1) is 0 Å². The number of benzene rings is 1. The van der Waals surface area contributed by atoms with E-state index in [9.17, 15) is 0 Å². The van der Waals surface area contributed by atoms with Gasteiger partial charge in [0.2, 0.25) is 0 Å². The quantitative estimate of drug-likeness (QED) is 0.695. The Balaban J connectivity index is 1.52. The van der Waals surface area contributed by atoms with Crippen molar-refractivity contribution in [1.82, 2.24) is 4.90 Å². The van der Waals surface area contributed by atoms with Crippen LogP contribution in [0.2, 0.25) is 0 Å². The van der Waals surface area contributed by atoms with E-state index in [1.165, 1.54) is 50.9 Å². The Morgan fingerprint density at radius 1 is 1.22 bits per heavy atom. The summed E-state index contributed by atoms with van der Waals surface area (Å²) in [6, 6.07) is 9.18. The molecule has 1 nitrogen and oxygen atoms in total. The number of nitrogens with zero attached hydrogens (tertiary/aromatic N) is 1. The van der Waals surface area contributed by atoms with Gasteiger partial charge in [0.05, 0.1) is 0 Å². The van der Waals surface area contributed by atoms with Crippen LogP contribution >= 0.6 is 0 Å². The third kappa shape index (κ3) is 3.99. The average Bonchev–Trinajstić information content (AvgIpc) is 3.19. The minimum atomic E-state index is 0.469. The van der Waals surface area contributed by atoms with Crippen molar-refractivity contribution < 1.29 is 0 Å². The summed E-state index contributed by atoms with van der Waals surface area (Å²) in [6.45, 7) is 15.7. The molecular formula is C22H35N. The van der Waals surface area contributed by atoms with E-state index in [2.05, 4.69) is 63.8 Å². The third-order valence-corrected chi connectivity index (χ3v) is 6.45. The fourth-order valence-corrected chi connectivity index (χ4v) is 4.56. The lowest BCUT2D eigenvalue weighted by Crippen LogP contribution is -2.37. The molecule has 1 aliphatic heterocycles. The summed E-state index contributed by atoms with van der Waals surface area (Å²) in [5.74, 6) is 1.66. The van der Waals surface area contributed by atoms with Crippen molar-refractivity contribution in [3.8, 4) is 0 Å². The molecule has 2 fully saturated rings. The fourth-order valence-electron chi connectivity index (χ4n) is 4.56. The van der Waals surface area contributed by atoms with Crippen LogP contribution in [0.1, 0.15) is 70.4 Å². The minimum absolute atomic E-state index is 0.469. The first-order valence-electron chi connectivity index (χ1n) is 9.58. The van der Waals surface area contributed by atoms with Crippen molar-refractivity contribution in [3.63, 3.8) is 0 Å². The number of likely N-dealkylation sites (tertiary alicyclic amines) is 1. The zero-order chi connectivity index (χ0) is 16.7. The lowest BCUT2D eigenvalue weighted by molar-refractivity contribution is 0.143. The smallest absolute Gasteiger partial charge is 0.00133 e. The lowest BCUT2D eigenvalue weighted by Gasteiger charge is -2.35. The predicted molar refractivity (Wildman–Crippen MR) is 99.9 cm³/mol. The molecule has 1 saturated carbocycles. The van der Waals surface area contributed by atoms with Crippen LogP contribution in [0.5, 0.6) is 0 Å². The topological polar surface area (TPSA) is 3.24 Å². The van der Waals surface area contributed by atoms with Crippen molar-refractivity contribution >= 4 is 0 Å². The number of hydrogen-bond acceptors (Lipinski definition) is 1. The maximum atomic E-state index is 2.71. The van der Waals surface area contributed by atoms with Gasteiger partial charge in [0.1, 0.15) is 0 Å². The number of aryl methyl sites for hydroxylation is 1. The van der Waals surface area contributed by atoms with Crippen LogP contribution in [0.15, 0.2) is 24.3 Å². The molecule has 2 atom stereocenters. The zero-order valence-electron chi connectivity index (χ0n) is 15.9. The van der Waals surface area contributed by atoms with Crippen molar-refractivity contribution in [3.05, 3.63) is 35.4 Å². The highest BCUT2D eigenvalue weighted by Crippen LogP contribution is 2.64. The molecular weight excluding hydrogens is 278 g/mol. The Kier molecular flexibility index (Phi) is 4.62. The summed E-state index contributed by atoms with van der Waals surface area (Å²) in [5, 5.41) is 0. The Labute approximate surface area is 143 Å². The first kappa shape index (κ1) is 17.0. The molecule has 0 radical (unpaired) electrons. The molecule has 2 aliphatic rings. The largest absolute Gasteiger partial charge is 0.303 e. The van der Waals surface area contributed by atoms with Crippen LogP contribution in [0.25, 0.3) is 0 Å².